The normalized spacial score (nSPS) is 29.5. The van der Waals surface area contributed by atoms with Gasteiger partial charge >= 0.3 is 0 Å². The van der Waals surface area contributed by atoms with Crippen LogP contribution in [0.3, 0.4) is 0 Å². The van der Waals surface area contributed by atoms with E-state index in [0.29, 0.717) is 10.6 Å². The lowest BCUT2D eigenvalue weighted by Crippen LogP contribution is -2.52. The Kier molecular flexibility index (Phi) is 6.38. The van der Waals surface area contributed by atoms with Gasteiger partial charge in [0.1, 0.15) is 6.54 Å². The van der Waals surface area contributed by atoms with Crippen molar-refractivity contribution in [2.45, 2.75) is 16.1 Å². The summed E-state index contributed by atoms with van der Waals surface area (Å²) in [5.74, 6) is -3.14. The molecule has 0 spiro atoms. The average molecular weight is 629 g/mol. The number of amides is 3. The molecule has 3 amide bonds. The zero-order valence-corrected chi connectivity index (χ0v) is 22.2. The van der Waals surface area contributed by atoms with E-state index in [0.717, 1.165) is 16.4 Å². The Hall–Kier alpha value is -1.74. The molecule has 2 bridgehead atoms. The molecule has 2 saturated carbocycles. The Morgan fingerprint density at radius 1 is 0.941 bits per heavy atom. The van der Waals surface area contributed by atoms with Crippen LogP contribution in [-0.2, 0) is 9.59 Å². The van der Waals surface area contributed by atoms with Crippen LogP contribution in [0.25, 0.3) is 0 Å². The third-order valence-corrected chi connectivity index (χ3v) is 10.7. The predicted octanol–water partition coefficient (Wildman–Crippen LogP) is 5.01. The Labute approximate surface area is 222 Å². The van der Waals surface area contributed by atoms with Crippen LogP contribution in [0.2, 0.25) is 10.0 Å². The molecule has 0 aromatic heterocycles. The first-order valence-corrected chi connectivity index (χ1v) is 13.3. The van der Waals surface area contributed by atoms with E-state index in [1.54, 1.807) is 30.3 Å². The van der Waals surface area contributed by atoms with E-state index < -0.39 is 41.9 Å². The van der Waals surface area contributed by atoms with Crippen LogP contribution in [0.1, 0.15) is 27.1 Å². The molecule has 0 radical (unpaired) electrons. The molecule has 10 heteroatoms. The molecule has 1 saturated heterocycles. The fourth-order valence-electron chi connectivity index (χ4n) is 5.46. The number of imide groups is 1. The summed E-state index contributed by atoms with van der Waals surface area (Å²) < 4.78 is 0. The molecule has 2 aromatic rings. The maximum absolute atomic E-state index is 13.6. The fourth-order valence-corrected chi connectivity index (χ4v) is 7.82. The number of rotatable bonds is 5. The van der Waals surface area contributed by atoms with Crippen LogP contribution < -0.4 is 0 Å². The van der Waals surface area contributed by atoms with Crippen LogP contribution in [0.4, 0.5) is 0 Å². The van der Waals surface area contributed by atoms with Gasteiger partial charge in [-0.1, -0.05) is 85.4 Å². The summed E-state index contributed by atoms with van der Waals surface area (Å²) >= 11 is 19.6. The minimum absolute atomic E-state index is 0.0262. The van der Waals surface area contributed by atoms with Crippen molar-refractivity contribution >= 4 is 78.6 Å². The van der Waals surface area contributed by atoms with Gasteiger partial charge in [-0.2, -0.15) is 5.01 Å². The number of nitrogens with zero attached hydrogens (tertiary/aromatic N) is 2. The number of hydrazine groups is 1. The Balaban J connectivity index is 1.53. The maximum atomic E-state index is 13.6. The first-order valence-electron chi connectivity index (χ1n) is 10.7. The zero-order chi connectivity index (χ0) is 24.3. The van der Waals surface area contributed by atoms with E-state index in [4.69, 9.17) is 23.2 Å². The summed E-state index contributed by atoms with van der Waals surface area (Å²) in [6, 6.07) is 12.7. The molecular formula is C24H18Br2Cl2N2O4. The average Bonchev–Trinajstić information content (AvgIpc) is 3.42. The van der Waals surface area contributed by atoms with Gasteiger partial charge in [0, 0.05) is 20.2 Å². The van der Waals surface area contributed by atoms with E-state index >= 15 is 0 Å². The molecule has 3 fully saturated rings. The van der Waals surface area contributed by atoms with Crippen LogP contribution in [-0.4, -0.2) is 49.7 Å². The Bertz CT molecular complexity index is 1180. The van der Waals surface area contributed by atoms with Crippen molar-refractivity contribution in [1.82, 2.24) is 10.0 Å². The summed E-state index contributed by atoms with van der Waals surface area (Å²) in [7, 11) is 0. The number of hydrogen-bond acceptors (Lipinski definition) is 4. The van der Waals surface area contributed by atoms with Crippen molar-refractivity contribution in [3.05, 3.63) is 69.7 Å². The lowest BCUT2D eigenvalue weighted by Gasteiger charge is -2.31. The number of hydrogen-bond donors (Lipinski definition) is 0. The minimum Gasteiger partial charge on any atom is -0.292 e. The molecule has 34 heavy (non-hydrogen) atoms. The summed E-state index contributed by atoms with van der Waals surface area (Å²) in [5, 5.41) is 2.22. The monoisotopic (exact) mass is 626 g/mol. The number of ketones is 1. The number of carbonyl (C=O) groups is 4. The van der Waals surface area contributed by atoms with Crippen LogP contribution in [0, 0.1) is 23.7 Å². The van der Waals surface area contributed by atoms with E-state index in [1.807, 2.05) is 0 Å². The van der Waals surface area contributed by atoms with Crippen LogP contribution in [0.5, 0.6) is 0 Å². The molecule has 1 aliphatic heterocycles. The fraction of sp³-hybridized carbons (Fsp3) is 0.333. The van der Waals surface area contributed by atoms with Gasteiger partial charge in [-0.15, -0.1) is 0 Å². The molecule has 3 aliphatic rings. The number of fused-ring (bicyclic) bond motifs is 5. The van der Waals surface area contributed by atoms with Gasteiger partial charge in [-0.25, -0.2) is 5.01 Å². The molecule has 1 heterocycles. The van der Waals surface area contributed by atoms with E-state index in [1.165, 1.54) is 18.2 Å². The van der Waals surface area contributed by atoms with Gasteiger partial charge in [0.25, 0.3) is 17.7 Å². The van der Waals surface area contributed by atoms with Crippen molar-refractivity contribution in [2.24, 2.45) is 23.7 Å². The van der Waals surface area contributed by atoms with Gasteiger partial charge < -0.3 is 0 Å². The molecule has 6 nitrogen and oxygen atoms in total. The van der Waals surface area contributed by atoms with Gasteiger partial charge in [-0.05, 0) is 36.5 Å². The summed E-state index contributed by atoms with van der Waals surface area (Å²) in [6.45, 7) is -0.483. The largest absolute Gasteiger partial charge is 0.292 e. The second-order valence-electron chi connectivity index (χ2n) is 8.77. The third-order valence-electron chi connectivity index (χ3n) is 6.99. The van der Waals surface area contributed by atoms with Crippen molar-refractivity contribution < 1.29 is 19.2 Å². The second-order valence-corrected chi connectivity index (χ2v) is 11.7. The molecule has 0 unspecified atom stereocenters. The molecular weight excluding hydrogens is 611 g/mol. The second kappa shape index (κ2) is 9.04. The number of carbonyl (C=O) groups excluding carboxylic acids is 4. The third kappa shape index (κ3) is 3.74. The lowest BCUT2D eigenvalue weighted by atomic mass is 9.81. The Morgan fingerprint density at radius 2 is 1.53 bits per heavy atom. The first-order chi connectivity index (χ1) is 16.2. The number of Topliss-reactive ketones (excluding diaryl/α,β-unsaturated/α-hetero) is 1. The number of alkyl halides is 2. The zero-order valence-electron chi connectivity index (χ0n) is 17.5. The summed E-state index contributed by atoms with van der Waals surface area (Å²) in [5.41, 5.74) is 0.409. The quantitative estimate of drug-likeness (QED) is 0.265. The van der Waals surface area contributed by atoms with Gasteiger partial charge in [-0.3, -0.25) is 19.2 Å². The molecule has 176 valence electrons. The van der Waals surface area contributed by atoms with Crippen molar-refractivity contribution in [3.63, 3.8) is 0 Å². The van der Waals surface area contributed by atoms with Crippen molar-refractivity contribution in [2.75, 3.05) is 6.54 Å². The SMILES string of the molecule is O=C(CN(C(=O)c1ccc(Cl)cc1Cl)N1C(=O)[C@@H]2[C@H]3C[C@@H]([C@@H](Br)[C@H]3Br)[C@H]2C1=O)c1ccccc1. The molecule has 2 aromatic carbocycles. The maximum Gasteiger partial charge on any atom is 0.274 e. The van der Waals surface area contributed by atoms with E-state index in [9.17, 15) is 19.2 Å². The van der Waals surface area contributed by atoms with Crippen molar-refractivity contribution in [3.8, 4) is 0 Å². The summed E-state index contributed by atoms with van der Waals surface area (Å²) in [4.78, 5) is 54.0. The summed E-state index contributed by atoms with van der Waals surface area (Å²) in [6.07, 6.45) is 0.756. The molecule has 0 N–H and O–H groups in total. The number of benzene rings is 2. The number of halogens is 4. The van der Waals surface area contributed by atoms with Crippen LogP contribution >= 0.6 is 55.1 Å². The minimum atomic E-state index is -0.717. The first kappa shape index (κ1) is 24.0. The highest BCUT2D eigenvalue weighted by atomic mass is 79.9. The molecule has 2 aliphatic carbocycles. The molecule has 5 rings (SSSR count). The highest BCUT2D eigenvalue weighted by Crippen LogP contribution is 2.60. The van der Waals surface area contributed by atoms with Gasteiger partial charge in [0.2, 0.25) is 0 Å². The van der Waals surface area contributed by atoms with Crippen molar-refractivity contribution in [1.29, 1.82) is 0 Å². The molecule has 6 atom stereocenters. The highest BCUT2D eigenvalue weighted by molar-refractivity contribution is 9.12. The van der Waals surface area contributed by atoms with E-state index in [-0.39, 0.29) is 32.1 Å². The smallest absolute Gasteiger partial charge is 0.274 e. The van der Waals surface area contributed by atoms with Crippen LogP contribution in [0.15, 0.2) is 48.5 Å². The van der Waals surface area contributed by atoms with E-state index in [2.05, 4.69) is 31.9 Å². The lowest BCUT2D eigenvalue weighted by molar-refractivity contribution is -0.154. The predicted molar refractivity (Wildman–Crippen MR) is 134 cm³/mol. The van der Waals surface area contributed by atoms with Gasteiger partial charge in [0.15, 0.2) is 5.78 Å². The van der Waals surface area contributed by atoms with Gasteiger partial charge in [0.05, 0.1) is 22.4 Å². The topological polar surface area (TPSA) is 74.8 Å². The standard InChI is InChI=1S/C24H18Br2Cl2N2O4/c25-20-14-9-15(21(20)26)19-18(14)23(33)30(24(19)34)29(10-17(31)11-4-2-1-3-5-11)22(32)13-7-6-12(27)8-16(13)28/h1-8,14-15,18-21H,9-10H2/t14-,15-,18-,19-,20-,21+/m1/s1. The highest BCUT2D eigenvalue weighted by Gasteiger charge is 2.67. The Morgan fingerprint density at radius 3 is 2.09 bits per heavy atom.